The molecule has 0 amide bonds. The van der Waals surface area contributed by atoms with Crippen molar-refractivity contribution in [3.63, 3.8) is 0 Å². The lowest BCUT2D eigenvalue weighted by Crippen LogP contribution is -2.23. The van der Waals surface area contributed by atoms with Crippen LogP contribution in [0.2, 0.25) is 10.0 Å². The smallest absolute Gasteiger partial charge is 0.176 e. The summed E-state index contributed by atoms with van der Waals surface area (Å²) in [6.45, 7) is 3.23. The molecule has 0 radical (unpaired) electrons. The Morgan fingerprint density at radius 3 is 2.67 bits per heavy atom. The molecule has 0 saturated heterocycles. The van der Waals surface area contributed by atoms with Crippen molar-refractivity contribution in [2.45, 2.75) is 13.3 Å². The van der Waals surface area contributed by atoms with Crippen LogP contribution in [0.25, 0.3) is 0 Å². The minimum atomic E-state index is 0.0296. The van der Waals surface area contributed by atoms with E-state index < -0.39 is 0 Å². The second-order valence-corrected chi connectivity index (χ2v) is 4.04. The van der Waals surface area contributed by atoms with Gasteiger partial charge in [-0.2, -0.15) is 0 Å². The van der Waals surface area contributed by atoms with Crippen LogP contribution in [0.1, 0.15) is 23.7 Å². The second-order valence-electron chi connectivity index (χ2n) is 3.23. The maximum Gasteiger partial charge on any atom is 0.176 e. The number of nitrogens with one attached hydrogen (secondary N) is 1. The minimum Gasteiger partial charge on any atom is -0.310 e. The van der Waals surface area contributed by atoms with Gasteiger partial charge in [0.05, 0.1) is 16.6 Å². The molecule has 1 aromatic carbocycles. The Kier molecular flexibility index (Phi) is 5.09. The van der Waals surface area contributed by atoms with Crippen molar-refractivity contribution >= 4 is 29.0 Å². The second kappa shape index (κ2) is 6.11. The maximum atomic E-state index is 11.6. The summed E-state index contributed by atoms with van der Waals surface area (Å²) in [5, 5.41) is 3.92. The molecule has 82 valence electrons. The molecular formula is C11H13Cl2NO. The van der Waals surface area contributed by atoms with Gasteiger partial charge in [0.25, 0.3) is 0 Å². The first kappa shape index (κ1) is 12.5. The third kappa shape index (κ3) is 3.82. The molecule has 0 aliphatic rings. The van der Waals surface area contributed by atoms with E-state index in [2.05, 4.69) is 12.2 Å². The number of hydrogen-bond donors (Lipinski definition) is 1. The van der Waals surface area contributed by atoms with Crippen molar-refractivity contribution in [3.8, 4) is 0 Å². The Bertz CT molecular complexity index is 352. The van der Waals surface area contributed by atoms with Gasteiger partial charge in [0.15, 0.2) is 5.78 Å². The number of hydrogen-bond acceptors (Lipinski definition) is 2. The summed E-state index contributed by atoms with van der Waals surface area (Å²) in [5.74, 6) is 0.0296. The molecule has 2 nitrogen and oxygen atoms in total. The van der Waals surface area contributed by atoms with E-state index in [0.717, 1.165) is 13.0 Å². The zero-order chi connectivity index (χ0) is 11.3. The third-order valence-corrected chi connectivity index (χ3v) is 2.69. The Morgan fingerprint density at radius 2 is 2.07 bits per heavy atom. The summed E-state index contributed by atoms with van der Waals surface area (Å²) in [4.78, 5) is 11.6. The standard InChI is InChI=1S/C11H13Cl2NO/c1-2-5-14-7-11(15)8-3-4-9(12)10(13)6-8/h3-4,6,14H,2,5,7H2,1H3. The molecule has 0 aliphatic carbocycles. The van der Waals surface area contributed by atoms with E-state index in [0.29, 0.717) is 22.2 Å². The number of benzene rings is 1. The lowest BCUT2D eigenvalue weighted by molar-refractivity contribution is 0.0991. The fraction of sp³-hybridized carbons (Fsp3) is 0.364. The largest absolute Gasteiger partial charge is 0.310 e. The molecule has 0 saturated carbocycles. The Balaban J connectivity index is 2.62. The summed E-state index contributed by atoms with van der Waals surface area (Å²) in [5.41, 5.74) is 0.591. The predicted molar refractivity (Wildman–Crippen MR) is 64.0 cm³/mol. The number of rotatable bonds is 5. The zero-order valence-corrected chi connectivity index (χ0v) is 10.0. The summed E-state index contributed by atoms with van der Waals surface area (Å²) in [6.07, 6.45) is 1.01. The van der Waals surface area contributed by atoms with Crippen LogP contribution in [-0.2, 0) is 0 Å². The highest BCUT2D eigenvalue weighted by Crippen LogP contribution is 2.22. The first-order chi connectivity index (χ1) is 7.15. The fourth-order valence-electron chi connectivity index (χ4n) is 1.15. The van der Waals surface area contributed by atoms with Gasteiger partial charge in [0.1, 0.15) is 0 Å². The first-order valence-electron chi connectivity index (χ1n) is 4.84. The summed E-state index contributed by atoms with van der Waals surface area (Å²) in [7, 11) is 0. The Hall–Kier alpha value is -0.570. The van der Waals surface area contributed by atoms with Gasteiger partial charge in [-0.3, -0.25) is 4.79 Å². The van der Waals surface area contributed by atoms with Crippen LogP contribution in [0.3, 0.4) is 0 Å². The molecule has 0 atom stereocenters. The minimum absolute atomic E-state index is 0.0296. The fourth-order valence-corrected chi connectivity index (χ4v) is 1.45. The SMILES string of the molecule is CCCNCC(=O)c1ccc(Cl)c(Cl)c1. The maximum absolute atomic E-state index is 11.6. The van der Waals surface area contributed by atoms with Crippen LogP contribution < -0.4 is 5.32 Å². The van der Waals surface area contributed by atoms with E-state index >= 15 is 0 Å². The van der Waals surface area contributed by atoms with E-state index in [1.54, 1.807) is 18.2 Å². The highest BCUT2D eigenvalue weighted by atomic mass is 35.5. The average molecular weight is 246 g/mol. The van der Waals surface area contributed by atoms with Crippen molar-refractivity contribution in [1.82, 2.24) is 5.32 Å². The molecule has 0 bridgehead atoms. The number of halogens is 2. The number of ketones is 1. The molecule has 0 fully saturated rings. The third-order valence-electron chi connectivity index (χ3n) is 1.95. The lowest BCUT2D eigenvalue weighted by atomic mass is 10.1. The van der Waals surface area contributed by atoms with E-state index in [4.69, 9.17) is 23.2 Å². The molecular weight excluding hydrogens is 233 g/mol. The normalized spacial score (nSPS) is 10.3. The van der Waals surface area contributed by atoms with Gasteiger partial charge >= 0.3 is 0 Å². The van der Waals surface area contributed by atoms with Crippen molar-refractivity contribution < 1.29 is 4.79 Å². The zero-order valence-electron chi connectivity index (χ0n) is 8.52. The molecule has 4 heteroatoms. The summed E-state index contributed by atoms with van der Waals surface area (Å²) < 4.78 is 0. The van der Waals surface area contributed by atoms with E-state index in [9.17, 15) is 4.79 Å². The van der Waals surface area contributed by atoms with Crippen molar-refractivity contribution in [2.24, 2.45) is 0 Å². The lowest BCUT2D eigenvalue weighted by Gasteiger charge is -2.03. The Labute approximate surface area is 99.6 Å². The Morgan fingerprint density at radius 1 is 1.33 bits per heavy atom. The highest BCUT2D eigenvalue weighted by Gasteiger charge is 2.07. The van der Waals surface area contributed by atoms with Gasteiger partial charge < -0.3 is 5.32 Å². The molecule has 0 spiro atoms. The van der Waals surface area contributed by atoms with Crippen molar-refractivity contribution in [2.75, 3.05) is 13.1 Å². The van der Waals surface area contributed by atoms with Crippen LogP contribution in [0.4, 0.5) is 0 Å². The van der Waals surface area contributed by atoms with Gasteiger partial charge in [-0.15, -0.1) is 0 Å². The topological polar surface area (TPSA) is 29.1 Å². The van der Waals surface area contributed by atoms with Crippen molar-refractivity contribution in [1.29, 1.82) is 0 Å². The monoisotopic (exact) mass is 245 g/mol. The van der Waals surface area contributed by atoms with Crippen LogP contribution in [0.5, 0.6) is 0 Å². The van der Waals surface area contributed by atoms with Crippen LogP contribution in [-0.4, -0.2) is 18.9 Å². The first-order valence-corrected chi connectivity index (χ1v) is 5.59. The molecule has 0 aliphatic heterocycles. The van der Waals surface area contributed by atoms with E-state index in [1.165, 1.54) is 0 Å². The number of carbonyl (C=O) groups is 1. The molecule has 1 N–H and O–H groups in total. The summed E-state index contributed by atoms with van der Waals surface area (Å²) >= 11 is 11.6. The van der Waals surface area contributed by atoms with Gasteiger partial charge in [-0.05, 0) is 31.2 Å². The van der Waals surface area contributed by atoms with Crippen molar-refractivity contribution in [3.05, 3.63) is 33.8 Å². The average Bonchev–Trinajstić information content (AvgIpc) is 2.22. The number of Topliss-reactive ketones (excluding diaryl/α,β-unsaturated/α-hetero) is 1. The quantitative estimate of drug-likeness (QED) is 0.638. The van der Waals surface area contributed by atoms with Crippen LogP contribution in [0, 0.1) is 0 Å². The molecule has 0 heterocycles. The number of carbonyl (C=O) groups excluding carboxylic acids is 1. The van der Waals surface area contributed by atoms with Gasteiger partial charge in [-0.25, -0.2) is 0 Å². The van der Waals surface area contributed by atoms with E-state index in [1.807, 2.05) is 0 Å². The molecule has 1 aromatic rings. The van der Waals surface area contributed by atoms with E-state index in [-0.39, 0.29) is 5.78 Å². The molecule has 1 rings (SSSR count). The van der Waals surface area contributed by atoms with Crippen LogP contribution in [0.15, 0.2) is 18.2 Å². The summed E-state index contributed by atoms with van der Waals surface area (Å²) in [6, 6.07) is 4.92. The molecule has 0 aromatic heterocycles. The van der Waals surface area contributed by atoms with Crippen LogP contribution >= 0.6 is 23.2 Å². The molecule has 0 unspecified atom stereocenters. The van der Waals surface area contributed by atoms with Gasteiger partial charge in [-0.1, -0.05) is 30.1 Å². The highest BCUT2D eigenvalue weighted by molar-refractivity contribution is 6.42. The molecule has 15 heavy (non-hydrogen) atoms. The van der Waals surface area contributed by atoms with Gasteiger partial charge in [0, 0.05) is 5.56 Å². The predicted octanol–water partition coefficient (Wildman–Crippen LogP) is 3.18. The van der Waals surface area contributed by atoms with Gasteiger partial charge in [0.2, 0.25) is 0 Å².